The Morgan fingerprint density at radius 1 is 1.21 bits per heavy atom. The molecule has 0 radical (unpaired) electrons. The van der Waals surface area contributed by atoms with Crippen LogP contribution in [0.4, 0.5) is 5.69 Å². The van der Waals surface area contributed by atoms with Crippen LogP contribution in [0.15, 0.2) is 52.4 Å². The summed E-state index contributed by atoms with van der Waals surface area (Å²) in [5, 5.41) is 12.8. The number of fused-ring (bicyclic) bond motifs is 3. The van der Waals surface area contributed by atoms with Crippen molar-refractivity contribution in [2.24, 2.45) is 0 Å². The van der Waals surface area contributed by atoms with Crippen LogP contribution >= 0.6 is 27.7 Å². The molecule has 1 atom stereocenters. The maximum atomic E-state index is 6.24. The number of halogens is 1. The summed E-state index contributed by atoms with van der Waals surface area (Å²) in [6.07, 6.45) is 6.65. The number of rotatable bonds is 6. The Labute approximate surface area is 176 Å². The molecule has 0 saturated heterocycles. The number of hydrogen-bond acceptors (Lipinski definition) is 7. The van der Waals surface area contributed by atoms with E-state index in [4.69, 9.17) is 4.74 Å². The first-order valence-corrected chi connectivity index (χ1v) is 11.0. The number of unbranched alkanes of at least 4 members (excludes halogenated alkanes) is 2. The van der Waals surface area contributed by atoms with Crippen LogP contribution in [0.1, 0.15) is 38.0 Å². The largest absolute Gasteiger partial charge is 0.448 e. The Bertz CT molecular complexity index is 957. The van der Waals surface area contributed by atoms with Crippen LogP contribution in [0.2, 0.25) is 0 Å². The number of pyridine rings is 1. The lowest BCUT2D eigenvalue weighted by atomic mass is 10.1. The van der Waals surface area contributed by atoms with E-state index in [0.29, 0.717) is 16.7 Å². The summed E-state index contributed by atoms with van der Waals surface area (Å²) in [4.78, 5) is 8.88. The first kappa shape index (κ1) is 19.1. The van der Waals surface area contributed by atoms with Crippen LogP contribution in [0.3, 0.4) is 0 Å². The molecule has 3 heterocycles. The fourth-order valence-electron chi connectivity index (χ4n) is 2.93. The fourth-order valence-corrected chi connectivity index (χ4v) is 4.07. The topological polar surface area (TPSA) is 72.8 Å². The third-order valence-corrected chi connectivity index (χ3v) is 5.77. The van der Waals surface area contributed by atoms with Crippen molar-refractivity contribution in [2.45, 2.75) is 37.6 Å². The summed E-state index contributed by atoms with van der Waals surface area (Å²) in [5.41, 5.74) is 3.36. The maximum absolute atomic E-state index is 6.24. The molecular weight excluding hydrogens is 438 g/mol. The van der Waals surface area contributed by atoms with E-state index in [-0.39, 0.29) is 0 Å². The zero-order valence-electron chi connectivity index (χ0n) is 15.4. The van der Waals surface area contributed by atoms with Crippen molar-refractivity contribution < 1.29 is 4.74 Å². The molecule has 1 aliphatic heterocycles. The molecule has 144 valence electrons. The second kappa shape index (κ2) is 8.87. The van der Waals surface area contributed by atoms with Crippen molar-refractivity contribution in [3.05, 3.63) is 52.8 Å². The van der Waals surface area contributed by atoms with E-state index in [1.165, 1.54) is 12.8 Å². The Hall–Kier alpha value is -2.19. The van der Waals surface area contributed by atoms with Gasteiger partial charge in [0.1, 0.15) is 0 Å². The first-order chi connectivity index (χ1) is 13.7. The van der Waals surface area contributed by atoms with Crippen molar-refractivity contribution in [3.8, 4) is 17.1 Å². The van der Waals surface area contributed by atoms with Gasteiger partial charge in [-0.05, 0) is 30.7 Å². The molecule has 28 heavy (non-hydrogen) atoms. The standard InChI is InChI=1S/C20H20BrN5OS/c1-2-3-4-10-28-20-24-19-17(25-26-20)15-11-14(21)7-8-16(15)23-18(27-19)13-6-5-9-22-12-13/h5-9,11-12,18,23H,2-4,10H2,1H3/t18-/m1/s1. The number of benzene rings is 1. The van der Waals surface area contributed by atoms with E-state index in [2.05, 4.69) is 48.3 Å². The average Bonchev–Trinajstić information content (AvgIpc) is 2.88. The van der Waals surface area contributed by atoms with Crippen molar-refractivity contribution in [1.82, 2.24) is 20.2 Å². The van der Waals surface area contributed by atoms with Crippen molar-refractivity contribution in [1.29, 1.82) is 0 Å². The number of aromatic nitrogens is 4. The zero-order chi connectivity index (χ0) is 19.3. The molecule has 0 saturated carbocycles. The molecule has 0 bridgehead atoms. The van der Waals surface area contributed by atoms with E-state index in [1.54, 1.807) is 24.2 Å². The number of hydrogen-bond donors (Lipinski definition) is 1. The highest BCUT2D eigenvalue weighted by Crippen LogP contribution is 2.40. The molecule has 0 amide bonds. The summed E-state index contributed by atoms with van der Waals surface area (Å²) < 4.78 is 7.20. The second-order valence-corrected chi connectivity index (χ2v) is 8.40. The smallest absolute Gasteiger partial charge is 0.247 e. The predicted octanol–water partition coefficient (Wildman–Crippen LogP) is 5.48. The van der Waals surface area contributed by atoms with E-state index in [9.17, 15) is 0 Å². The van der Waals surface area contributed by atoms with Gasteiger partial charge in [0.05, 0.1) is 0 Å². The quantitative estimate of drug-likeness (QED) is 0.387. The van der Waals surface area contributed by atoms with Gasteiger partial charge in [-0.3, -0.25) is 4.98 Å². The molecule has 1 aliphatic rings. The van der Waals surface area contributed by atoms with Crippen LogP contribution in [0.25, 0.3) is 11.3 Å². The minimum absolute atomic E-state index is 0.412. The molecule has 8 heteroatoms. The van der Waals surface area contributed by atoms with E-state index >= 15 is 0 Å². The minimum Gasteiger partial charge on any atom is -0.448 e. The van der Waals surface area contributed by atoms with Gasteiger partial charge < -0.3 is 10.1 Å². The maximum Gasteiger partial charge on any atom is 0.247 e. The summed E-state index contributed by atoms with van der Waals surface area (Å²) in [5.74, 6) is 1.45. The average molecular weight is 458 g/mol. The van der Waals surface area contributed by atoms with Gasteiger partial charge in [0.25, 0.3) is 0 Å². The van der Waals surface area contributed by atoms with Gasteiger partial charge in [0.2, 0.25) is 11.0 Å². The van der Waals surface area contributed by atoms with Gasteiger partial charge in [0.15, 0.2) is 11.9 Å². The Morgan fingerprint density at radius 3 is 2.96 bits per heavy atom. The second-order valence-electron chi connectivity index (χ2n) is 6.42. The van der Waals surface area contributed by atoms with E-state index < -0.39 is 6.23 Å². The SMILES string of the molecule is CCCCCSc1nnc2c(n1)O[C@H](c1cccnc1)Nc1ccc(Br)cc1-2. The number of ether oxygens (including phenoxy) is 1. The van der Waals surface area contributed by atoms with Gasteiger partial charge in [-0.25, -0.2) is 0 Å². The molecule has 0 aliphatic carbocycles. The monoisotopic (exact) mass is 457 g/mol. The zero-order valence-corrected chi connectivity index (χ0v) is 17.8. The fraction of sp³-hybridized carbons (Fsp3) is 0.300. The number of nitrogens with zero attached hydrogens (tertiary/aromatic N) is 4. The molecule has 1 N–H and O–H groups in total. The molecule has 0 spiro atoms. The highest BCUT2D eigenvalue weighted by atomic mass is 79.9. The first-order valence-electron chi connectivity index (χ1n) is 9.25. The lowest BCUT2D eigenvalue weighted by molar-refractivity contribution is 0.225. The summed E-state index contributed by atoms with van der Waals surface area (Å²) >= 11 is 5.15. The molecule has 6 nitrogen and oxygen atoms in total. The van der Waals surface area contributed by atoms with Crippen LogP contribution < -0.4 is 10.1 Å². The Kier molecular flexibility index (Phi) is 6.07. The predicted molar refractivity (Wildman–Crippen MR) is 114 cm³/mol. The highest BCUT2D eigenvalue weighted by molar-refractivity contribution is 9.10. The summed E-state index contributed by atoms with van der Waals surface area (Å²) in [7, 11) is 0. The number of nitrogens with one attached hydrogen (secondary N) is 1. The third kappa shape index (κ3) is 4.28. The molecule has 2 aromatic heterocycles. The molecule has 1 aromatic carbocycles. The number of anilines is 1. The molecule has 0 fully saturated rings. The van der Waals surface area contributed by atoms with Gasteiger partial charge in [-0.2, -0.15) is 4.98 Å². The molecule has 0 unspecified atom stereocenters. The Balaban J connectivity index is 1.71. The van der Waals surface area contributed by atoms with Crippen molar-refractivity contribution in [3.63, 3.8) is 0 Å². The lowest BCUT2D eigenvalue weighted by Crippen LogP contribution is -2.17. The van der Waals surface area contributed by atoms with Crippen molar-refractivity contribution in [2.75, 3.05) is 11.1 Å². The lowest BCUT2D eigenvalue weighted by Gasteiger charge is -2.18. The Morgan fingerprint density at radius 2 is 2.14 bits per heavy atom. The molecular formula is C20H20BrN5OS. The van der Waals surface area contributed by atoms with Gasteiger partial charge >= 0.3 is 0 Å². The number of thioether (sulfide) groups is 1. The van der Waals surface area contributed by atoms with Crippen LogP contribution in [-0.2, 0) is 0 Å². The van der Waals surface area contributed by atoms with Crippen LogP contribution in [-0.4, -0.2) is 25.9 Å². The highest BCUT2D eigenvalue weighted by Gasteiger charge is 2.26. The van der Waals surface area contributed by atoms with Crippen LogP contribution in [0.5, 0.6) is 5.88 Å². The summed E-state index contributed by atoms with van der Waals surface area (Å²) in [6, 6.07) is 9.85. The van der Waals surface area contributed by atoms with Gasteiger partial charge in [-0.15, -0.1) is 10.2 Å². The van der Waals surface area contributed by atoms with Crippen LogP contribution in [0, 0.1) is 0 Å². The minimum atomic E-state index is -0.412. The van der Waals surface area contributed by atoms with Crippen molar-refractivity contribution >= 4 is 33.4 Å². The summed E-state index contributed by atoms with van der Waals surface area (Å²) in [6.45, 7) is 2.19. The normalized spacial score (nSPS) is 15.0. The van der Waals surface area contributed by atoms with Gasteiger partial charge in [-0.1, -0.05) is 53.5 Å². The molecule has 4 rings (SSSR count). The van der Waals surface area contributed by atoms with E-state index in [1.807, 2.05) is 30.3 Å². The third-order valence-electron chi connectivity index (χ3n) is 4.35. The molecule has 3 aromatic rings. The van der Waals surface area contributed by atoms with Gasteiger partial charge in [0, 0.05) is 39.4 Å². The van der Waals surface area contributed by atoms with E-state index in [0.717, 1.165) is 33.5 Å².